The maximum atomic E-state index is 10.6. The van der Waals surface area contributed by atoms with Crippen molar-refractivity contribution < 1.29 is 9.90 Å². The van der Waals surface area contributed by atoms with Crippen molar-refractivity contribution >= 4 is 5.97 Å². The lowest BCUT2D eigenvalue weighted by Gasteiger charge is -2.27. The molecule has 6 nitrogen and oxygen atoms in total. The monoisotopic (exact) mass is 294 g/mol. The van der Waals surface area contributed by atoms with E-state index in [-0.39, 0.29) is 6.42 Å². The zero-order valence-corrected chi connectivity index (χ0v) is 12.9. The summed E-state index contributed by atoms with van der Waals surface area (Å²) in [6, 6.07) is 0. The lowest BCUT2D eigenvalue weighted by Crippen LogP contribution is -2.18. The first kappa shape index (κ1) is 15.9. The molecule has 0 bridgehead atoms. The molecule has 0 atom stereocenters. The van der Waals surface area contributed by atoms with E-state index in [4.69, 9.17) is 5.11 Å². The number of nitrogens with zero attached hydrogens (tertiary/aromatic N) is 4. The molecule has 6 heteroatoms. The number of hydrogen-bond donors (Lipinski definition) is 1. The molecule has 1 aromatic rings. The lowest BCUT2D eigenvalue weighted by atomic mass is 9.79. The smallest absolute Gasteiger partial charge is 0.303 e. The van der Waals surface area contributed by atoms with Crippen molar-refractivity contribution in [3.8, 4) is 0 Å². The Labute approximate surface area is 125 Å². The van der Waals surface area contributed by atoms with Gasteiger partial charge in [0.05, 0.1) is 0 Å². The molecule has 1 aliphatic rings. The highest BCUT2D eigenvalue weighted by Crippen LogP contribution is 2.36. The van der Waals surface area contributed by atoms with Gasteiger partial charge >= 0.3 is 5.97 Å². The van der Waals surface area contributed by atoms with E-state index in [1.54, 1.807) is 4.68 Å². The topological polar surface area (TPSA) is 80.9 Å². The highest BCUT2D eigenvalue weighted by Gasteiger charge is 2.26. The van der Waals surface area contributed by atoms with E-state index in [0.717, 1.165) is 24.6 Å². The molecule has 2 rings (SSSR count). The van der Waals surface area contributed by atoms with Gasteiger partial charge in [-0.05, 0) is 48.4 Å². The number of aryl methyl sites for hydroxylation is 1. The van der Waals surface area contributed by atoms with Gasteiger partial charge < -0.3 is 5.11 Å². The summed E-state index contributed by atoms with van der Waals surface area (Å²) < 4.78 is 1.81. The minimum Gasteiger partial charge on any atom is -0.481 e. The molecule has 0 aromatic carbocycles. The number of unbranched alkanes of at least 4 members (excludes halogenated alkanes) is 1. The van der Waals surface area contributed by atoms with Gasteiger partial charge in [-0.2, -0.15) is 0 Å². The first-order valence-corrected chi connectivity index (χ1v) is 8.18. The predicted molar refractivity (Wildman–Crippen MR) is 78.9 cm³/mol. The summed E-state index contributed by atoms with van der Waals surface area (Å²) in [6.07, 6.45) is 9.58. The van der Waals surface area contributed by atoms with Crippen molar-refractivity contribution in [3.63, 3.8) is 0 Å². The molecule has 1 saturated carbocycles. The van der Waals surface area contributed by atoms with Crippen LogP contribution in [0.1, 0.15) is 76.5 Å². The van der Waals surface area contributed by atoms with Crippen LogP contribution in [0.2, 0.25) is 0 Å². The third kappa shape index (κ3) is 4.79. The number of carbonyl (C=O) groups is 1. The van der Waals surface area contributed by atoms with Crippen LogP contribution in [-0.2, 0) is 11.3 Å². The molecule has 0 unspecified atom stereocenters. The van der Waals surface area contributed by atoms with Crippen LogP contribution < -0.4 is 0 Å². The van der Waals surface area contributed by atoms with E-state index in [1.165, 1.54) is 32.1 Å². The first-order valence-electron chi connectivity index (χ1n) is 8.18. The molecule has 1 N–H and O–H groups in total. The Bertz CT molecular complexity index is 439. The Hall–Kier alpha value is -1.46. The molecule has 0 aliphatic heterocycles. The molecule has 0 radical (unpaired) electrons. The van der Waals surface area contributed by atoms with Gasteiger partial charge in [-0.15, -0.1) is 5.10 Å². The molecular weight excluding hydrogens is 268 g/mol. The fourth-order valence-corrected chi connectivity index (χ4v) is 3.25. The summed E-state index contributed by atoms with van der Waals surface area (Å²) in [5.41, 5.74) is 0. The standard InChI is InChI=1S/C15H26N4O2/c1-2-3-5-12-7-9-13(10-8-12)15-16-17-18-19(15)11-4-6-14(20)21/h12-13H,2-11H2,1H3,(H,20,21). The normalized spacial score (nSPS) is 22.3. The number of rotatable bonds is 8. The summed E-state index contributed by atoms with van der Waals surface area (Å²) >= 11 is 0. The number of aliphatic carboxylic acids is 1. The van der Waals surface area contributed by atoms with E-state index < -0.39 is 5.97 Å². The lowest BCUT2D eigenvalue weighted by molar-refractivity contribution is -0.137. The summed E-state index contributed by atoms with van der Waals surface area (Å²) in [7, 11) is 0. The predicted octanol–water partition coefficient (Wildman–Crippen LogP) is 3.00. The fraction of sp³-hybridized carbons (Fsp3) is 0.867. The Morgan fingerprint density at radius 1 is 1.29 bits per heavy atom. The molecule has 0 amide bonds. The molecular formula is C15H26N4O2. The number of tetrazole rings is 1. The Morgan fingerprint density at radius 2 is 2.05 bits per heavy atom. The van der Waals surface area contributed by atoms with Crippen LogP contribution in [-0.4, -0.2) is 31.3 Å². The van der Waals surface area contributed by atoms with Crippen molar-refractivity contribution in [2.45, 2.75) is 77.2 Å². The second-order valence-corrected chi connectivity index (χ2v) is 6.12. The summed E-state index contributed by atoms with van der Waals surface area (Å²) in [5, 5.41) is 20.7. The SMILES string of the molecule is CCCCC1CCC(c2nnnn2CCCC(=O)O)CC1. The maximum absolute atomic E-state index is 10.6. The molecule has 1 aromatic heterocycles. The summed E-state index contributed by atoms with van der Waals surface area (Å²) in [6.45, 7) is 2.85. The largest absolute Gasteiger partial charge is 0.481 e. The van der Waals surface area contributed by atoms with Gasteiger partial charge in [-0.3, -0.25) is 4.79 Å². The Balaban J connectivity index is 1.83. The second kappa shape index (κ2) is 8.10. The molecule has 1 aliphatic carbocycles. The summed E-state index contributed by atoms with van der Waals surface area (Å²) in [5.74, 6) is 1.51. The van der Waals surface area contributed by atoms with Crippen LogP contribution in [0.25, 0.3) is 0 Å². The van der Waals surface area contributed by atoms with Crippen molar-refractivity contribution in [1.82, 2.24) is 20.2 Å². The number of hydrogen-bond acceptors (Lipinski definition) is 4. The number of carboxylic acid groups (broad SMARTS) is 1. The zero-order valence-electron chi connectivity index (χ0n) is 12.9. The third-order valence-electron chi connectivity index (χ3n) is 4.50. The highest BCUT2D eigenvalue weighted by atomic mass is 16.4. The number of aromatic nitrogens is 4. The van der Waals surface area contributed by atoms with Crippen LogP contribution >= 0.6 is 0 Å². The van der Waals surface area contributed by atoms with Crippen LogP contribution in [0.5, 0.6) is 0 Å². The van der Waals surface area contributed by atoms with E-state index in [9.17, 15) is 4.79 Å². The molecule has 0 spiro atoms. The van der Waals surface area contributed by atoms with Crippen LogP contribution in [0.15, 0.2) is 0 Å². The van der Waals surface area contributed by atoms with Gasteiger partial charge in [-0.25, -0.2) is 4.68 Å². The van der Waals surface area contributed by atoms with Crippen molar-refractivity contribution in [1.29, 1.82) is 0 Å². The van der Waals surface area contributed by atoms with E-state index >= 15 is 0 Å². The van der Waals surface area contributed by atoms with Crippen molar-refractivity contribution in [3.05, 3.63) is 5.82 Å². The van der Waals surface area contributed by atoms with Crippen molar-refractivity contribution in [2.24, 2.45) is 5.92 Å². The third-order valence-corrected chi connectivity index (χ3v) is 4.50. The van der Waals surface area contributed by atoms with Crippen molar-refractivity contribution in [2.75, 3.05) is 0 Å². The zero-order chi connectivity index (χ0) is 15.1. The van der Waals surface area contributed by atoms with Crippen LogP contribution in [0.3, 0.4) is 0 Å². The van der Waals surface area contributed by atoms with Gasteiger partial charge in [0.15, 0.2) is 5.82 Å². The fourth-order valence-electron chi connectivity index (χ4n) is 3.25. The van der Waals surface area contributed by atoms with Gasteiger partial charge in [0.1, 0.15) is 0 Å². The second-order valence-electron chi connectivity index (χ2n) is 6.12. The van der Waals surface area contributed by atoms with E-state index in [1.807, 2.05) is 0 Å². The molecule has 21 heavy (non-hydrogen) atoms. The Morgan fingerprint density at radius 3 is 2.71 bits per heavy atom. The van der Waals surface area contributed by atoms with Crippen LogP contribution in [0, 0.1) is 5.92 Å². The Kier molecular flexibility index (Phi) is 6.14. The maximum Gasteiger partial charge on any atom is 0.303 e. The van der Waals surface area contributed by atoms with Gasteiger partial charge in [0.25, 0.3) is 0 Å². The minimum absolute atomic E-state index is 0.170. The van der Waals surface area contributed by atoms with Gasteiger partial charge in [-0.1, -0.05) is 26.2 Å². The number of carboxylic acids is 1. The molecule has 1 heterocycles. The quantitative estimate of drug-likeness (QED) is 0.797. The molecule has 118 valence electrons. The average Bonchev–Trinajstić information content (AvgIpc) is 2.94. The molecule has 0 saturated heterocycles. The summed E-state index contributed by atoms with van der Waals surface area (Å²) in [4.78, 5) is 10.6. The highest BCUT2D eigenvalue weighted by molar-refractivity contribution is 5.66. The average molecular weight is 294 g/mol. The van der Waals surface area contributed by atoms with Crippen LogP contribution in [0.4, 0.5) is 0 Å². The van der Waals surface area contributed by atoms with E-state index in [2.05, 4.69) is 22.4 Å². The van der Waals surface area contributed by atoms with Gasteiger partial charge in [0.2, 0.25) is 0 Å². The minimum atomic E-state index is -0.763. The first-order chi connectivity index (χ1) is 10.2. The van der Waals surface area contributed by atoms with Gasteiger partial charge in [0, 0.05) is 18.9 Å². The molecule has 1 fully saturated rings. The van der Waals surface area contributed by atoms with E-state index in [0.29, 0.717) is 18.9 Å².